The van der Waals surface area contributed by atoms with E-state index in [1.807, 2.05) is 25.7 Å². The molecule has 20 heavy (non-hydrogen) atoms. The van der Waals surface area contributed by atoms with E-state index >= 15 is 0 Å². The maximum Gasteiger partial charge on any atom is 0.245 e. The summed E-state index contributed by atoms with van der Waals surface area (Å²) in [5, 5.41) is 2.91. The number of carbonyl (C=O) groups is 2. The third kappa shape index (κ3) is 2.99. The van der Waals surface area contributed by atoms with Crippen molar-refractivity contribution in [3.05, 3.63) is 0 Å². The summed E-state index contributed by atoms with van der Waals surface area (Å²) >= 11 is 0. The topological polar surface area (TPSA) is 49.4 Å². The normalized spacial score (nSPS) is 26.8. The molecule has 1 N–H and O–H groups in total. The van der Waals surface area contributed by atoms with Crippen LogP contribution >= 0.6 is 0 Å². The first kappa shape index (κ1) is 15.3. The molecular formula is C16H28N2O2. The molecule has 0 radical (unpaired) electrons. The summed E-state index contributed by atoms with van der Waals surface area (Å²) < 4.78 is 0. The van der Waals surface area contributed by atoms with Crippen molar-refractivity contribution >= 4 is 11.8 Å². The van der Waals surface area contributed by atoms with Gasteiger partial charge >= 0.3 is 0 Å². The number of amides is 2. The van der Waals surface area contributed by atoms with Crippen LogP contribution in [0.2, 0.25) is 0 Å². The molecule has 1 aliphatic heterocycles. The van der Waals surface area contributed by atoms with Crippen molar-refractivity contribution in [3.63, 3.8) is 0 Å². The maximum absolute atomic E-state index is 12.8. The standard InChI is InChI=1S/C16H28N2O2/c1-5-16(8-6-9-16)11-18-10-7-12(19)17-13(14(18)20)15(2,3)4/h13H,5-11H2,1-4H3,(H,17,19). The molecule has 4 heteroatoms. The second-order valence-corrected chi connectivity index (χ2v) is 7.58. The highest BCUT2D eigenvalue weighted by molar-refractivity contribution is 5.90. The van der Waals surface area contributed by atoms with Crippen LogP contribution in [0.3, 0.4) is 0 Å². The Morgan fingerprint density at radius 3 is 2.40 bits per heavy atom. The van der Waals surface area contributed by atoms with Crippen molar-refractivity contribution < 1.29 is 9.59 Å². The van der Waals surface area contributed by atoms with Gasteiger partial charge in [0.05, 0.1) is 0 Å². The van der Waals surface area contributed by atoms with Crippen LogP contribution in [0.15, 0.2) is 0 Å². The van der Waals surface area contributed by atoms with Gasteiger partial charge in [0.1, 0.15) is 6.04 Å². The summed E-state index contributed by atoms with van der Waals surface area (Å²) in [6.45, 7) is 9.64. The van der Waals surface area contributed by atoms with E-state index in [0.717, 1.165) is 13.0 Å². The number of rotatable bonds is 3. The number of carbonyl (C=O) groups excluding carboxylic acids is 2. The lowest BCUT2D eigenvalue weighted by molar-refractivity contribution is -0.138. The second kappa shape index (κ2) is 5.38. The largest absolute Gasteiger partial charge is 0.344 e. The molecule has 4 nitrogen and oxygen atoms in total. The van der Waals surface area contributed by atoms with Gasteiger partial charge in [-0.2, -0.15) is 0 Å². The van der Waals surface area contributed by atoms with Crippen molar-refractivity contribution in [1.29, 1.82) is 0 Å². The molecule has 0 aromatic heterocycles. The first-order chi connectivity index (χ1) is 9.27. The van der Waals surface area contributed by atoms with E-state index in [0.29, 0.717) is 18.4 Å². The summed E-state index contributed by atoms with van der Waals surface area (Å²) in [5.41, 5.74) is 0.0693. The molecule has 1 aliphatic carbocycles. The van der Waals surface area contributed by atoms with Gasteiger partial charge in [0.2, 0.25) is 11.8 Å². The Hall–Kier alpha value is -1.06. The summed E-state index contributed by atoms with van der Waals surface area (Å²) in [7, 11) is 0. The van der Waals surface area contributed by atoms with Crippen LogP contribution in [0.25, 0.3) is 0 Å². The molecule has 2 aliphatic rings. The number of hydrogen-bond acceptors (Lipinski definition) is 2. The first-order valence-electron chi connectivity index (χ1n) is 7.86. The van der Waals surface area contributed by atoms with Crippen molar-refractivity contribution in [1.82, 2.24) is 10.2 Å². The molecule has 0 bridgehead atoms. The Morgan fingerprint density at radius 2 is 1.95 bits per heavy atom. The molecule has 1 unspecified atom stereocenters. The van der Waals surface area contributed by atoms with E-state index in [2.05, 4.69) is 12.2 Å². The van der Waals surface area contributed by atoms with E-state index in [1.54, 1.807) is 0 Å². The molecule has 0 spiro atoms. The van der Waals surface area contributed by atoms with Gasteiger partial charge in [0.15, 0.2) is 0 Å². The molecule has 0 aromatic carbocycles. The fraction of sp³-hybridized carbons (Fsp3) is 0.875. The lowest BCUT2D eigenvalue weighted by Gasteiger charge is -2.45. The zero-order valence-electron chi connectivity index (χ0n) is 13.3. The van der Waals surface area contributed by atoms with Crippen molar-refractivity contribution in [2.45, 2.75) is 65.8 Å². The van der Waals surface area contributed by atoms with Crippen molar-refractivity contribution in [2.24, 2.45) is 10.8 Å². The highest BCUT2D eigenvalue weighted by Crippen LogP contribution is 2.44. The van der Waals surface area contributed by atoms with Gasteiger partial charge in [-0.15, -0.1) is 0 Å². The molecule has 2 rings (SSSR count). The average Bonchev–Trinajstić information content (AvgIpc) is 2.45. The van der Waals surface area contributed by atoms with Crippen LogP contribution < -0.4 is 5.32 Å². The zero-order valence-corrected chi connectivity index (χ0v) is 13.3. The predicted molar refractivity (Wildman–Crippen MR) is 79.2 cm³/mol. The summed E-state index contributed by atoms with van der Waals surface area (Å²) in [6.07, 6.45) is 5.26. The SMILES string of the molecule is CCC1(CN2CCC(=O)NC(C(C)(C)C)C2=O)CCC1. The van der Waals surface area contributed by atoms with E-state index in [9.17, 15) is 9.59 Å². The van der Waals surface area contributed by atoms with Gasteiger partial charge in [-0.25, -0.2) is 0 Å². The molecule has 1 heterocycles. The van der Waals surface area contributed by atoms with Crippen molar-refractivity contribution in [3.8, 4) is 0 Å². The Morgan fingerprint density at radius 1 is 1.30 bits per heavy atom. The van der Waals surface area contributed by atoms with Gasteiger partial charge in [0.25, 0.3) is 0 Å². The smallest absolute Gasteiger partial charge is 0.245 e. The van der Waals surface area contributed by atoms with Gasteiger partial charge in [-0.3, -0.25) is 9.59 Å². The van der Waals surface area contributed by atoms with Crippen LogP contribution in [-0.4, -0.2) is 35.8 Å². The molecule has 2 amide bonds. The highest BCUT2D eigenvalue weighted by Gasteiger charge is 2.42. The minimum Gasteiger partial charge on any atom is -0.344 e. The third-order valence-electron chi connectivity index (χ3n) is 5.03. The maximum atomic E-state index is 12.8. The quantitative estimate of drug-likeness (QED) is 0.862. The molecule has 1 saturated carbocycles. The Bertz CT molecular complexity index is 388. The van der Waals surface area contributed by atoms with E-state index < -0.39 is 6.04 Å². The van der Waals surface area contributed by atoms with Gasteiger partial charge in [-0.05, 0) is 30.1 Å². The van der Waals surface area contributed by atoms with Gasteiger partial charge in [-0.1, -0.05) is 34.1 Å². The first-order valence-corrected chi connectivity index (χ1v) is 7.86. The fourth-order valence-electron chi connectivity index (χ4n) is 3.27. The molecular weight excluding hydrogens is 252 g/mol. The molecule has 1 atom stereocenters. The Labute approximate surface area is 122 Å². The lowest BCUT2D eigenvalue weighted by Crippen LogP contribution is -2.54. The summed E-state index contributed by atoms with van der Waals surface area (Å²) in [6, 6.07) is -0.397. The number of nitrogens with one attached hydrogen (secondary N) is 1. The van der Waals surface area contributed by atoms with Crippen molar-refractivity contribution in [2.75, 3.05) is 13.1 Å². The van der Waals surface area contributed by atoms with Crippen LogP contribution in [0.4, 0.5) is 0 Å². The van der Waals surface area contributed by atoms with E-state index in [-0.39, 0.29) is 17.2 Å². The Balaban J connectivity index is 2.15. The zero-order chi connectivity index (χ0) is 15.0. The van der Waals surface area contributed by atoms with Crippen LogP contribution in [0, 0.1) is 10.8 Å². The molecule has 0 aromatic rings. The highest BCUT2D eigenvalue weighted by atomic mass is 16.2. The van der Waals surface area contributed by atoms with Crippen LogP contribution in [-0.2, 0) is 9.59 Å². The van der Waals surface area contributed by atoms with E-state index in [4.69, 9.17) is 0 Å². The predicted octanol–water partition coefficient (Wildman–Crippen LogP) is 2.33. The van der Waals surface area contributed by atoms with Gasteiger partial charge < -0.3 is 10.2 Å². The van der Waals surface area contributed by atoms with E-state index in [1.165, 1.54) is 19.3 Å². The fourth-order valence-corrected chi connectivity index (χ4v) is 3.27. The molecule has 2 fully saturated rings. The molecule has 1 saturated heterocycles. The second-order valence-electron chi connectivity index (χ2n) is 7.58. The average molecular weight is 280 g/mol. The minimum absolute atomic E-state index is 0.0000621. The summed E-state index contributed by atoms with van der Waals surface area (Å²) in [4.78, 5) is 26.6. The molecule has 114 valence electrons. The number of nitrogens with zero attached hydrogens (tertiary/aromatic N) is 1. The van der Waals surface area contributed by atoms with Gasteiger partial charge in [0, 0.05) is 19.5 Å². The van der Waals surface area contributed by atoms with Crippen LogP contribution in [0.1, 0.15) is 59.8 Å². The third-order valence-corrected chi connectivity index (χ3v) is 5.03. The Kier molecular flexibility index (Phi) is 4.12. The number of hydrogen-bond donors (Lipinski definition) is 1. The summed E-state index contributed by atoms with van der Waals surface area (Å²) in [5.74, 6) is 0.100. The minimum atomic E-state index is -0.397. The lowest BCUT2D eigenvalue weighted by atomic mass is 9.66. The monoisotopic (exact) mass is 280 g/mol. The van der Waals surface area contributed by atoms with Crippen LogP contribution in [0.5, 0.6) is 0 Å².